The molecule has 4 aromatic rings. The minimum Gasteiger partial charge on any atom is -0.464 e. The number of hydrogen-bond acceptors (Lipinski definition) is 10. The van der Waals surface area contributed by atoms with E-state index < -0.39 is 41.3 Å². The molecule has 3 aliphatic rings. The lowest BCUT2D eigenvalue weighted by Crippen LogP contribution is -2.63. The van der Waals surface area contributed by atoms with Crippen molar-refractivity contribution in [1.82, 2.24) is 40.1 Å². The monoisotopic (exact) mass is 866 g/mol. The Morgan fingerprint density at radius 3 is 2.63 bits per heavy atom. The summed E-state index contributed by atoms with van der Waals surface area (Å²) in [5.41, 5.74) is 10.4. The fourth-order valence-corrected chi connectivity index (χ4v) is 9.89. The highest BCUT2D eigenvalue weighted by atomic mass is 32.1. The molecule has 3 aliphatic heterocycles. The number of methoxy groups -OCH3 is 1. The molecule has 0 spiro atoms. The molecular weight excluding hydrogens is 805 g/mol. The molecule has 15 heteroatoms. The van der Waals surface area contributed by atoms with Crippen molar-refractivity contribution < 1.29 is 28.7 Å². The van der Waals surface area contributed by atoms with Crippen molar-refractivity contribution in [1.29, 1.82) is 0 Å². The van der Waals surface area contributed by atoms with E-state index in [1.165, 1.54) is 21.2 Å². The number of ether oxygens (including phenoxy) is 2. The van der Waals surface area contributed by atoms with E-state index in [0.29, 0.717) is 50.4 Å². The molecule has 6 heterocycles. The molecule has 0 saturated carbocycles. The average Bonchev–Trinajstić information content (AvgIpc) is 3.82. The third kappa shape index (κ3) is 9.02. The van der Waals surface area contributed by atoms with Gasteiger partial charge in [-0.1, -0.05) is 45.9 Å². The maximum Gasteiger partial charge on any atom is 0.324 e. The van der Waals surface area contributed by atoms with E-state index in [-0.39, 0.29) is 37.0 Å². The van der Waals surface area contributed by atoms with Crippen LogP contribution in [-0.2, 0) is 43.2 Å². The summed E-state index contributed by atoms with van der Waals surface area (Å²) in [6.45, 7) is 20.4. The molecule has 2 saturated heterocycles. The second kappa shape index (κ2) is 18.3. The number of aromatic nitrogens is 3. The van der Waals surface area contributed by atoms with Crippen LogP contribution in [0.2, 0.25) is 0 Å². The van der Waals surface area contributed by atoms with Gasteiger partial charge < -0.3 is 29.2 Å². The summed E-state index contributed by atoms with van der Waals surface area (Å²) in [6.07, 6.45) is 3.29. The summed E-state index contributed by atoms with van der Waals surface area (Å²) in [6, 6.07) is 7.56. The molecule has 2 N–H and O–H groups in total. The highest BCUT2D eigenvalue weighted by Gasteiger charge is 2.40. The van der Waals surface area contributed by atoms with Gasteiger partial charge in [0.2, 0.25) is 5.91 Å². The third-order valence-corrected chi connectivity index (χ3v) is 13.5. The highest BCUT2D eigenvalue weighted by molar-refractivity contribution is 7.10. The molecule has 1 unspecified atom stereocenters. The Morgan fingerprint density at radius 1 is 1.18 bits per heavy atom. The molecule has 4 atom stereocenters. The normalized spacial score (nSPS) is 20.6. The molecule has 0 radical (unpaired) electrons. The zero-order valence-corrected chi connectivity index (χ0v) is 38.4. The SMILES string of the molecule is C=C(C)C1CN(C(=O)N(C)C(C(=O)N[C@H]2Cc3nc(cs3)-c3ccc4c(c3)c(c(-c3cccnc3[C@H](C)OC)n4CC)CC(C)(C)COC(=O)[C@@H]3CCCN(N3)C2=O)C(C)C)C1. The van der Waals surface area contributed by atoms with E-state index >= 15 is 0 Å². The summed E-state index contributed by atoms with van der Waals surface area (Å²) < 4.78 is 14.2. The number of amides is 4. The maximum absolute atomic E-state index is 14.5. The molecule has 1 aromatic carbocycles. The molecule has 0 aliphatic carbocycles. The van der Waals surface area contributed by atoms with Crippen molar-refractivity contribution >= 4 is 46.1 Å². The first-order valence-corrected chi connectivity index (χ1v) is 22.7. The summed E-state index contributed by atoms with van der Waals surface area (Å²) in [7, 11) is 3.33. The molecule has 4 amide bonds. The van der Waals surface area contributed by atoms with Crippen molar-refractivity contribution in [2.24, 2.45) is 17.3 Å². The number of likely N-dealkylation sites (N-methyl/N-ethyl adjacent to an activating group) is 1. The number of carbonyl (C=O) groups is 4. The van der Waals surface area contributed by atoms with Crippen molar-refractivity contribution in [3.05, 3.63) is 70.3 Å². The number of carbonyl (C=O) groups excluding carboxylic acids is 4. The van der Waals surface area contributed by atoms with Crippen LogP contribution in [0.3, 0.4) is 0 Å². The van der Waals surface area contributed by atoms with E-state index in [1.807, 2.05) is 39.1 Å². The Balaban J connectivity index is 1.28. The van der Waals surface area contributed by atoms with Gasteiger partial charge in [-0.2, -0.15) is 0 Å². The standard InChI is InChI=1S/C47H62N8O6S/c1-11-54-38-17-16-30-20-33(38)34(42(54)32-14-12-18-48-40(32)29(6)60-10)22-47(7,8)26-61-45(58)35-15-13-19-55(51-35)44(57)36(21-39-49-37(30)25-62-39)50-43(56)41(28(4)5)52(9)46(59)53-23-31(24-53)27(2)3/h12,14,16-18,20,25,28-29,31,35-36,41,51H,2,11,13,15,19,21-24,26H2,1,3-10H3,(H,50,56)/t29-,35-,36-,41?/m0/s1. The fraction of sp³-hybridized carbons (Fsp3) is 0.532. The Morgan fingerprint density at radius 2 is 1.94 bits per heavy atom. The van der Waals surface area contributed by atoms with Gasteiger partial charge >= 0.3 is 12.0 Å². The number of nitrogens with one attached hydrogen (secondary N) is 2. The number of thiazole rings is 1. The minimum atomic E-state index is -1.04. The average molecular weight is 867 g/mol. The van der Waals surface area contributed by atoms with Crippen LogP contribution in [0, 0.1) is 17.3 Å². The Hall–Kier alpha value is -5.12. The van der Waals surface area contributed by atoms with E-state index in [9.17, 15) is 19.2 Å². The lowest BCUT2D eigenvalue weighted by atomic mass is 9.84. The number of rotatable bonds is 9. The van der Waals surface area contributed by atoms with E-state index in [1.54, 1.807) is 25.3 Å². The van der Waals surface area contributed by atoms with Crippen LogP contribution in [0.4, 0.5) is 4.79 Å². The van der Waals surface area contributed by atoms with Gasteiger partial charge in [-0.3, -0.25) is 24.4 Å². The number of hydrogen-bond donors (Lipinski definition) is 2. The molecular formula is C47H62N8O6S. The fourth-order valence-electron chi connectivity index (χ4n) is 9.04. The first-order chi connectivity index (χ1) is 29.5. The van der Waals surface area contributed by atoms with Crippen LogP contribution >= 0.6 is 11.3 Å². The first kappa shape index (κ1) is 44.9. The number of aryl methyl sites for hydroxylation is 1. The topological polar surface area (TPSA) is 151 Å². The number of benzene rings is 1. The smallest absolute Gasteiger partial charge is 0.324 e. The number of fused-ring (bicyclic) bond motifs is 6. The van der Waals surface area contributed by atoms with Gasteiger partial charge in [-0.15, -0.1) is 11.3 Å². The molecule has 332 valence electrons. The predicted molar refractivity (Wildman–Crippen MR) is 241 cm³/mol. The zero-order valence-electron chi connectivity index (χ0n) is 37.6. The van der Waals surface area contributed by atoms with E-state index in [4.69, 9.17) is 19.4 Å². The Kier molecular flexibility index (Phi) is 13.3. The maximum atomic E-state index is 14.5. The van der Waals surface area contributed by atoms with Crippen LogP contribution in [0.25, 0.3) is 33.4 Å². The number of nitrogens with zero attached hydrogens (tertiary/aromatic N) is 6. The van der Waals surface area contributed by atoms with Crippen molar-refractivity contribution in [2.45, 2.75) is 105 Å². The summed E-state index contributed by atoms with van der Waals surface area (Å²) in [5.74, 6) is -1.29. The second-order valence-corrected chi connectivity index (χ2v) is 19.2. The largest absolute Gasteiger partial charge is 0.464 e. The first-order valence-electron chi connectivity index (χ1n) is 21.8. The van der Waals surface area contributed by atoms with Crippen molar-refractivity contribution in [2.75, 3.05) is 40.4 Å². The number of urea groups is 1. The van der Waals surface area contributed by atoms with Gasteiger partial charge in [0.15, 0.2) is 0 Å². The van der Waals surface area contributed by atoms with E-state index in [0.717, 1.165) is 50.2 Å². The number of esters is 1. The van der Waals surface area contributed by atoms with Crippen molar-refractivity contribution in [3.63, 3.8) is 0 Å². The zero-order chi connectivity index (χ0) is 44.6. The van der Waals surface area contributed by atoms with Crippen LogP contribution in [0.1, 0.15) is 83.7 Å². The number of pyridine rings is 1. The van der Waals surface area contributed by atoms with Crippen LogP contribution in [0.5, 0.6) is 0 Å². The van der Waals surface area contributed by atoms with Gasteiger partial charge in [0.05, 0.1) is 34.8 Å². The summed E-state index contributed by atoms with van der Waals surface area (Å²) >= 11 is 1.43. The van der Waals surface area contributed by atoms with Gasteiger partial charge in [0, 0.05) is 91.7 Å². The van der Waals surface area contributed by atoms with Gasteiger partial charge in [-0.05, 0) is 75.8 Å². The van der Waals surface area contributed by atoms with Crippen LogP contribution in [-0.4, -0.2) is 112 Å². The molecule has 2 fully saturated rings. The Labute approximate surface area is 369 Å². The molecule has 7 rings (SSSR count). The Bertz CT molecular complexity index is 2350. The molecule has 62 heavy (non-hydrogen) atoms. The van der Waals surface area contributed by atoms with E-state index in [2.05, 4.69) is 66.9 Å². The van der Waals surface area contributed by atoms with Gasteiger partial charge in [0.1, 0.15) is 18.1 Å². The van der Waals surface area contributed by atoms with Gasteiger partial charge in [-0.25, -0.2) is 15.2 Å². The quantitative estimate of drug-likeness (QED) is 0.137. The van der Waals surface area contributed by atoms with Crippen molar-refractivity contribution in [3.8, 4) is 22.5 Å². The third-order valence-electron chi connectivity index (χ3n) is 12.6. The van der Waals surface area contributed by atoms with Crippen LogP contribution < -0.4 is 10.7 Å². The molecule has 14 nitrogen and oxygen atoms in total. The number of likely N-dealkylation sites (tertiary alicyclic amines) is 1. The second-order valence-electron chi connectivity index (χ2n) is 18.3. The number of hydrazine groups is 1. The lowest BCUT2D eigenvalue weighted by molar-refractivity contribution is -0.155. The predicted octanol–water partition coefficient (Wildman–Crippen LogP) is 6.79. The lowest BCUT2D eigenvalue weighted by Gasteiger charge is -2.43. The highest BCUT2D eigenvalue weighted by Crippen LogP contribution is 2.42. The molecule has 6 bridgehead atoms. The summed E-state index contributed by atoms with van der Waals surface area (Å²) in [5, 5.41) is 8.18. The van der Waals surface area contributed by atoms with Crippen LogP contribution in [0.15, 0.2) is 54.1 Å². The molecule has 3 aromatic heterocycles. The summed E-state index contributed by atoms with van der Waals surface area (Å²) in [4.78, 5) is 69.4. The van der Waals surface area contributed by atoms with Gasteiger partial charge in [0.25, 0.3) is 5.91 Å². The minimum absolute atomic E-state index is 0.108. The number of cyclic esters (lactones) is 1.